The van der Waals surface area contributed by atoms with Crippen molar-refractivity contribution in [1.82, 2.24) is 25.9 Å². The Morgan fingerprint density at radius 2 is 1.35 bits per heavy atom. The molecule has 0 aliphatic carbocycles. The Bertz CT molecular complexity index is 1740. The molecule has 0 aromatic carbocycles. The summed E-state index contributed by atoms with van der Waals surface area (Å²) in [6, 6.07) is -2.01. The van der Waals surface area contributed by atoms with Gasteiger partial charge in [0.15, 0.2) is 18.3 Å². The largest absolute Gasteiger partial charge is 2.00 e. The predicted molar refractivity (Wildman–Crippen MR) is 180 cm³/mol. The Labute approximate surface area is 345 Å². The van der Waals surface area contributed by atoms with Crippen LogP contribution in [0.5, 0.6) is 0 Å². The number of anilines is 3. The molecule has 10 atom stereocenters. The summed E-state index contributed by atoms with van der Waals surface area (Å²) in [7, 11) is -9.84. The molecule has 4 unspecified atom stereocenters. The number of aromatic amines is 1. The number of nitrogens with zero attached hydrogens (tertiary/aromatic N) is 2. The first-order chi connectivity index (χ1) is 22.3. The number of piperazine rings is 1. The van der Waals surface area contributed by atoms with Crippen LogP contribution < -0.4 is 53.4 Å². The summed E-state index contributed by atoms with van der Waals surface area (Å²) < 4.78 is 41.3. The Hall–Kier alpha value is -0.985. The molecule has 14 N–H and O–H groups in total. The maximum absolute atomic E-state index is 12.0. The van der Waals surface area contributed by atoms with Crippen LogP contribution in [0.1, 0.15) is 0 Å². The van der Waals surface area contributed by atoms with E-state index in [4.69, 9.17) is 81.2 Å². The molecule has 288 valence electrons. The molecule has 6 heterocycles. The molecule has 1 aromatic heterocycles. The second-order valence-corrected chi connectivity index (χ2v) is 14.4. The maximum atomic E-state index is 12.0. The molecule has 1 amide bonds. The molecule has 5 aliphatic rings. The SMILES string of the molecule is NC1N=C2N[C@@H]3O[C@H](COP(=O)([O-])O)C([S-])=C([S-])[C@@H]3NC2C(=O)N1.Nc1nc2c(c(=O)[nH]1)N[C@H]1C([S-])=C([S-])[C@@H](COP(=O)([O-])O)O[C@H]1N2.[Mg+2].[OH-].[OH-].[W]. The summed E-state index contributed by atoms with van der Waals surface area (Å²) in [5, 5.41) is 14.1. The van der Waals surface area contributed by atoms with Crippen molar-refractivity contribution in [2.24, 2.45) is 10.7 Å². The van der Waals surface area contributed by atoms with E-state index in [1.54, 1.807) is 0 Å². The van der Waals surface area contributed by atoms with E-state index in [-0.39, 0.29) is 104 Å². The predicted octanol–water partition coefficient (Wildman–Crippen LogP) is -6.48. The Balaban J connectivity index is 0.000000483. The third-order valence-electron chi connectivity index (χ3n) is 6.90. The van der Waals surface area contributed by atoms with E-state index in [0.717, 1.165) is 0 Å². The van der Waals surface area contributed by atoms with Gasteiger partial charge in [-0.15, -0.1) is 0 Å². The fourth-order valence-corrected chi connectivity index (χ4v) is 6.64. The third kappa shape index (κ3) is 11.5. The number of carbonyl (C=O) groups excluding carboxylic acids is 1. The minimum absolute atomic E-state index is 0. The van der Waals surface area contributed by atoms with Gasteiger partial charge in [-0.25, -0.2) is 4.99 Å². The molecule has 1 saturated heterocycles. The number of H-pyrrole nitrogens is 1. The number of nitrogen functional groups attached to an aromatic ring is 1. The Kier molecular flexibility index (Phi) is 18.1. The Morgan fingerprint density at radius 3 is 1.87 bits per heavy atom. The third-order valence-corrected chi connectivity index (χ3v) is 10.0. The summed E-state index contributed by atoms with van der Waals surface area (Å²) >= 11 is 20.9. The number of fused-ring (bicyclic) bond motifs is 4. The number of amidine groups is 1. The number of amides is 1. The molecule has 0 saturated carbocycles. The van der Waals surface area contributed by atoms with Crippen LogP contribution in [0.3, 0.4) is 0 Å². The number of aromatic nitrogens is 2. The second kappa shape index (κ2) is 19.2. The number of nitrogens with two attached hydrogens (primary N) is 2. The molecule has 1 aromatic rings. The van der Waals surface area contributed by atoms with Gasteiger partial charge >= 0.3 is 23.1 Å². The van der Waals surface area contributed by atoms with E-state index in [9.17, 15) is 28.5 Å². The molecule has 0 bridgehead atoms. The number of ether oxygens (including phenoxy) is 2. The monoisotopic (exact) mass is 1030 g/mol. The molecule has 0 radical (unpaired) electrons. The van der Waals surface area contributed by atoms with Crippen LogP contribution in [0, 0.1) is 0 Å². The van der Waals surface area contributed by atoms with Gasteiger partial charge in [-0.05, 0) is 0 Å². The molecule has 5 aliphatic heterocycles. The number of hydrogen-bond acceptors (Lipinski definition) is 24. The molecular weight excluding hydrogens is 1000 g/mol. The molecular formula is C20H26MgN10O14P2S4W-6. The summed E-state index contributed by atoms with van der Waals surface area (Å²) in [5.41, 5.74) is 10.7. The van der Waals surface area contributed by atoms with Crippen molar-refractivity contribution >= 4 is 118 Å². The minimum Gasteiger partial charge on any atom is -0.870 e. The van der Waals surface area contributed by atoms with Gasteiger partial charge in [-0.2, -0.15) is 24.6 Å². The van der Waals surface area contributed by atoms with Crippen LogP contribution in [-0.4, -0.2) is 128 Å². The molecule has 32 heteroatoms. The van der Waals surface area contributed by atoms with Gasteiger partial charge in [-0.3, -0.25) is 34.8 Å². The van der Waals surface area contributed by atoms with Gasteiger partial charge in [0.1, 0.15) is 23.8 Å². The zero-order chi connectivity index (χ0) is 35.3. The summed E-state index contributed by atoms with van der Waals surface area (Å²) in [5.74, 6) is -0.0260. The molecule has 6 rings (SSSR count). The average molecular weight is 1030 g/mol. The standard InChI is InChI=1S/C10H16N5O6PS2.C10H14N5O6PS2.Mg.2H2O.W/c2*11-10-14-7-4(8(16)15-10)12-3-6(24)5(23)2(21-9(3)13-7)1-20-22(17,18)19;;;;/h2-4,9-10,12,23-24H,1,11H2,(H,13,14)(H,15,16)(H2,17,18,19);2-3,9,12,23-24H,1H2,(H2,17,18,19)(H4,11,13,14,15,16);;2*1H2;/q;;+2;;;/p-8/t2-,3+,4?,9-,10?;2-,3+,9-;;;;/m11..../s1. The summed E-state index contributed by atoms with van der Waals surface area (Å²) in [6.07, 6.45) is -4.36. The first-order valence-electron chi connectivity index (χ1n) is 13.2. The Morgan fingerprint density at radius 1 is 0.846 bits per heavy atom. The quantitative estimate of drug-likeness (QED) is 0.0719. The van der Waals surface area contributed by atoms with Crippen LogP contribution in [0.2, 0.25) is 0 Å². The van der Waals surface area contributed by atoms with Crippen molar-refractivity contribution in [1.29, 1.82) is 0 Å². The van der Waals surface area contributed by atoms with Gasteiger partial charge in [0.05, 0.1) is 37.5 Å². The van der Waals surface area contributed by atoms with E-state index in [1.807, 2.05) is 0 Å². The van der Waals surface area contributed by atoms with Gasteiger partial charge in [0.2, 0.25) is 11.9 Å². The van der Waals surface area contributed by atoms with Crippen LogP contribution >= 0.6 is 15.6 Å². The minimum atomic E-state index is -4.92. The molecule has 0 spiro atoms. The van der Waals surface area contributed by atoms with Crippen molar-refractivity contribution in [3.8, 4) is 0 Å². The summed E-state index contributed by atoms with van der Waals surface area (Å²) in [6.45, 7) is -1.05. The normalized spacial score (nSPS) is 30.6. The van der Waals surface area contributed by atoms with Crippen molar-refractivity contribution in [2.75, 3.05) is 29.6 Å². The van der Waals surface area contributed by atoms with Crippen LogP contribution in [0.25, 0.3) is 0 Å². The molecule has 24 nitrogen and oxygen atoms in total. The first-order valence-corrected chi connectivity index (χ1v) is 17.9. The van der Waals surface area contributed by atoms with E-state index < -0.39 is 83.5 Å². The van der Waals surface area contributed by atoms with Crippen LogP contribution in [0.15, 0.2) is 29.4 Å². The van der Waals surface area contributed by atoms with Gasteiger partial charge in [0, 0.05) is 21.1 Å². The van der Waals surface area contributed by atoms with Crippen molar-refractivity contribution in [3.05, 3.63) is 30.0 Å². The first kappa shape index (κ1) is 49.0. The van der Waals surface area contributed by atoms with Crippen molar-refractivity contribution in [3.63, 3.8) is 0 Å². The number of nitrogens with one attached hydrogen (secondary N) is 6. The number of rotatable bonds is 6. The van der Waals surface area contributed by atoms with Crippen LogP contribution in [-0.2, 0) is 104 Å². The molecule has 1 fully saturated rings. The number of hydrogen-bond donors (Lipinski definition) is 10. The van der Waals surface area contributed by atoms with E-state index in [0.29, 0.717) is 0 Å². The maximum Gasteiger partial charge on any atom is 2.00 e. The fraction of sp³-hybridized carbons (Fsp3) is 0.500. The topological polar surface area (TPSA) is 405 Å². The number of phosphoric acid groups is 2. The van der Waals surface area contributed by atoms with Crippen LogP contribution in [0.4, 0.5) is 17.5 Å². The van der Waals surface area contributed by atoms with Crippen molar-refractivity contribution in [2.45, 2.75) is 49.1 Å². The number of aliphatic imine (C=N–C) groups is 1. The van der Waals surface area contributed by atoms with E-state index in [1.165, 1.54) is 0 Å². The number of carbonyl (C=O) groups is 1. The van der Waals surface area contributed by atoms with E-state index in [2.05, 4.69) is 50.6 Å². The summed E-state index contributed by atoms with van der Waals surface area (Å²) in [4.78, 5) is 73.9. The number of phosphoric ester groups is 2. The van der Waals surface area contributed by atoms with Gasteiger partial charge in [0.25, 0.3) is 21.2 Å². The zero-order valence-electron chi connectivity index (χ0n) is 25.6. The fourth-order valence-electron chi connectivity index (χ4n) is 4.86. The van der Waals surface area contributed by atoms with Gasteiger partial charge in [-0.1, -0.05) is 0 Å². The van der Waals surface area contributed by atoms with Gasteiger partial charge < -0.3 is 127 Å². The molecule has 52 heavy (non-hydrogen) atoms. The van der Waals surface area contributed by atoms with Crippen molar-refractivity contribution < 1.29 is 84.0 Å². The smallest absolute Gasteiger partial charge is 0.870 e. The average Bonchev–Trinajstić information content (AvgIpc) is 2.97. The zero-order valence-corrected chi connectivity index (χ0v) is 35.0. The van der Waals surface area contributed by atoms with E-state index >= 15 is 0 Å². The second-order valence-electron chi connectivity index (χ2n) is 10.2.